The summed E-state index contributed by atoms with van der Waals surface area (Å²) in [4.78, 5) is 30.0. The van der Waals surface area contributed by atoms with Gasteiger partial charge in [0.2, 0.25) is 5.95 Å². The molecule has 0 atom stereocenters. The normalized spacial score (nSPS) is 14.1. The molecule has 0 aliphatic carbocycles. The Morgan fingerprint density at radius 2 is 1.73 bits per heavy atom. The van der Waals surface area contributed by atoms with E-state index in [-0.39, 0.29) is 29.9 Å². The molecule has 2 N–H and O–H groups in total. The fourth-order valence-corrected chi connectivity index (χ4v) is 3.24. The van der Waals surface area contributed by atoms with Gasteiger partial charge in [-0.3, -0.25) is 4.79 Å². The summed E-state index contributed by atoms with van der Waals surface area (Å²) in [6, 6.07) is 9.47. The molecule has 8 nitrogen and oxygen atoms in total. The van der Waals surface area contributed by atoms with Crippen molar-refractivity contribution in [3.05, 3.63) is 53.9 Å². The highest BCUT2D eigenvalue weighted by Crippen LogP contribution is 2.11. The molecule has 0 bridgehead atoms. The third-order valence-corrected chi connectivity index (χ3v) is 4.69. The Hall–Kier alpha value is -2.43. The first-order valence-corrected chi connectivity index (χ1v) is 10.1. The molecule has 2 aromatic rings. The van der Waals surface area contributed by atoms with Crippen LogP contribution >= 0.6 is 24.0 Å². The van der Waals surface area contributed by atoms with Crippen molar-refractivity contribution in [2.45, 2.75) is 20.4 Å². The quantitative estimate of drug-likeness (QED) is 0.343. The molecule has 162 valence electrons. The second kappa shape index (κ2) is 12.3. The highest BCUT2D eigenvalue weighted by Gasteiger charge is 2.21. The Labute approximate surface area is 195 Å². The predicted octanol–water partition coefficient (Wildman–Crippen LogP) is 2.13. The van der Waals surface area contributed by atoms with E-state index in [1.165, 1.54) is 0 Å². The van der Waals surface area contributed by atoms with Crippen LogP contribution in [0.15, 0.2) is 47.7 Å². The number of amides is 1. The van der Waals surface area contributed by atoms with E-state index < -0.39 is 0 Å². The number of rotatable bonds is 6. The first-order chi connectivity index (χ1) is 14.2. The number of aliphatic imine (C=N–C) groups is 1. The van der Waals surface area contributed by atoms with Crippen LogP contribution in [0, 0.1) is 0 Å². The SMILES string of the molecule is CCNC(=O)c1cccc(CN=C(NCC)N2CCN(c3ncccn3)CC2)c1.I. The van der Waals surface area contributed by atoms with Crippen molar-refractivity contribution in [3.8, 4) is 0 Å². The lowest BCUT2D eigenvalue weighted by molar-refractivity contribution is 0.0955. The van der Waals surface area contributed by atoms with Crippen LogP contribution in [0.25, 0.3) is 0 Å². The average Bonchev–Trinajstić information content (AvgIpc) is 2.78. The first-order valence-electron chi connectivity index (χ1n) is 10.1. The van der Waals surface area contributed by atoms with Crippen LogP contribution in [0.4, 0.5) is 5.95 Å². The van der Waals surface area contributed by atoms with E-state index in [2.05, 4.69) is 37.3 Å². The van der Waals surface area contributed by atoms with Crippen LogP contribution in [0.3, 0.4) is 0 Å². The number of piperazine rings is 1. The van der Waals surface area contributed by atoms with Crippen molar-refractivity contribution in [1.29, 1.82) is 0 Å². The molecule has 1 fully saturated rings. The Balaban J connectivity index is 0.00000320. The minimum atomic E-state index is -0.0514. The van der Waals surface area contributed by atoms with Gasteiger partial charge in [0.15, 0.2) is 5.96 Å². The minimum Gasteiger partial charge on any atom is -0.357 e. The molecule has 3 rings (SSSR count). The second-order valence-electron chi connectivity index (χ2n) is 6.75. The van der Waals surface area contributed by atoms with Gasteiger partial charge in [0.05, 0.1) is 6.54 Å². The van der Waals surface area contributed by atoms with Gasteiger partial charge in [0.1, 0.15) is 0 Å². The van der Waals surface area contributed by atoms with E-state index in [4.69, 9.17) is 4.99 Å². The molecule has 0 saturated carbocycles. The van der Waals surface area contributed by atoms with Crippen LogP contribution in [0.5, 0.6) is 0 Å². The van der Waals surface area contributed by atoms with Crippen molar-refractivity contribution >= 4 is 41.8 Å². The lowest BCUT2D eigenvalue weighted by Crippen LogP contribution is -2.52. The van der Waals surface area contributed by atoms with Crippen LogP contribution in [-0.2, 0) is 6.54 Å². The van der Waals surface area contributed by atoms with Gasteiger partial charge >= 0.3 is 0 Å². The Kier molecular flexibility index (Phi) is 9.78. The lowest BCUT2D eigenvalue weighted by atomic mass is 10.1. The van der Waals surface area contributed by atoms with Gasteiger partial charge in [-0.15, -0.1) is 24.0 Å². The number of nitrogens with zero attached hydrogens (tertiary/aromatic N) is 5. The molecule has 0 spiro atoms. The standard InChI is InChI=1S/C21H29N7O.HI/c1-3-22-19(29)18-8-5-7-17(15-18)16-26-20(23-4-2)27-11-13-28(14-12-27)21-24-9-6-10-25-21;/h5-10,15H,3-4,11-14,16H2,1-2H3,(H,22,29)(H,23,26);1H. The molecular weight excluding hydrogens is 493 g/mol. The van der Waals surface area contributed by atoms with Gasteiger partial charge in [0, 0.05) is 57.2 Å². The molecule has 2 heterocycles. The summed E-state index contributed by atoms with van der Waals surface area (Å²) in [7, 11) is 0. The van der Waals surface area contributed by atoms with Crippen LogP contribution in [-0.4, -0.2) is 66.0 Å². The topological polar surface area (TPSA) is 85.8 Å². The molecular formula is C21H30IN7O. The van der Waals surface area contributed by atoms with Crippen LogP contribution in [0.2, 0.25) is 0 Å². The Morgan fingerprint density at radius 1 is 1.03 bits per heavy atom. The smallest absolute Gasteiger partial charge is 0.251 e. The molecule has 1 saturated heterocycles. The summed E-state index contributed by atoms with van der Waals surface area (Å²) in [6.07, 6.45) is 3.55. The highest BCUT2D eigenvalue weighted by atomic mass is 127. The second-order valence-corrected chi connectivity index (χ2v) is 6.75. The van der Waals surface area contributed by atoms with E-state index in [0.717, 1.165) is 50.2 Å². The largest absolute Gasteiger partial charge is 0.357 e. The van der Waals surface area contributed by atoms with E-state index in [0.29, 0.717) is 18.7 Å². The lowest BCUT2D eigenvalue weighted by Gasteiger charge is -2.36. The summed E-state index contributed by atoms with van der Waals surface area (Å²) >= 11 is 0. The monoisotopic (exact) mass is 523 g/mol. The van der Waals surface area contributed by atoms with E-state index in [1.807, 2.05) is 37.3 Å². The maximum absolute atomic E-state index is 12.1. The summed E-state index contributed by atoms with van der Waals surface area (Å²) in [5.41, 5.74) is 1.68. The van der Waals surface area contributed by atoms with Crippen molar-refractivity contribution in [1.82, 2.24) is 25.5 Å². The zero-order chi connectivity index (χ0) is 20.5. The zero-order valence-electron chi connectivity index (χ0n) is 17.5. The van der Waals surface area contributed by atoms with Gasteiger partial charge < -0.3 is 20.4 Å². The maximum Gasteiger partial charge on any atom is 0.251 e. The van der Waals surface area contributed by atoms with Gasteiger partial charge in [-0.25, -0.2) is 15.0 Å². The molecule has 0 radical (unpaired) electrons. The number of carbonyl (C=O) groups is 1. The Bertz CT molecular complexity index is 823. The number of anilines is 1. The van der Waals surface area contributed by atoms with Gasteiger partial charge in [-0.05, 0) is 37.6 Å². The molecule has 9 heteroatoms. The summed E-state index contributed by atoms with van der Waals surface area (Å²) in [5.74, 6) is 1.62. The molecule has 1 aliphatic rings. The number of carbonyl (C=O) groups excluding carboxylic acids is 1. The van der Waals surface area contributed by atoms with E-state index in [9.17, 15) is 4.79 Å². The van der Waals surface area contributed by atoms with Crippen LogP contribution < -0.4 is 15.5 Å². The Morgan fingerprint density at radius 3 is 2.40 bits per heavy atom. The molecule has 1 aliphatic heterocycles. The van der Waals surface area contributed by atoms with E-state index in [1.54, 1.807) is 12.4 Å². The number of halogens is 1. The van der Waals surface area contributed by atoms with Crippen molar-refractivity contribution in [2.75, 3.05) is 44.2 Å². The molecule has 30 heavy (non-hydrogen) atoms. The van der Waals surface area contributed by atoms with Gasteiger partial charge in [-0.2, -0.15) is 0 Å². The summed E-state index contributed by atoms with van der Waals surface area (Å²) < 4.78 is 0. The van der Waals surface area contributed by atoms with Crippen molar-refractivity contribution in [2.24, 2.45) is 4.99 Å². The average molecular weight is 523 g/mol. The number of aromatic nitrogens is 2. The predicted molar refractivity (Wildman–Crippen MR) is 130 cm³/mol. The fourth-order valence-electron chi connectivity index (χ4n) is 3.24. The zero-order valence-corrected chi connectivity index (χ0v) is 19.9. The van der Waals surface area contributed by atoms with Crippen LogP contribution in [0.1, 0.15) is 29.8 Å². The third-order valence-electron chi connectivity index (χ3n) is 4.69. The van der Waals surface area contributed by atoms with E-state index >= 15 is 0 Å². The number of nitrogens with one attached hydrogen (secondary N) is 2. The number of hydrogen-bond acceptors (Lipinski definition) is 5. The highest BCUT2D eigenvalue weighted by molar-refractivity contribution is 14.0. The molecule has 1 aromatic heterocycles. The first kappa shape index (κ1) is 23.8. The van der Waals surface area contributed by atoms with Crippen molar-refractivity contribution in [3.63, 3.8) is 0 Å². The van der Waals surface area contributed by atoms with Crippen molar-refractivity contribution < 1.29 is 4.79 Å². The molecule has 1 amide bonds. The summed E-state index contributed by atoms with van der Waals surface area (Å²) in [5, 5.41) is 6.22. The third kappa shape index (κ3) is 6.54. The maximum atomic E-state index is 12.1. The number of hydrogen-bond donors (Lipinski definition) is 2. The van der Waals surface area contributed by atoms with Gasteiger partial charge in [-0.1, -0.05) is 12.1 Å². The van der Waals surface area contributed by atoms with Gasteiger partial charge in [0.25, 0.3) is 5.91 Å². The molecule has 1 aromatic carbocycles. The molecule has 0 unspecified atom stereocenters. The minimum absolute atomic E-state index is 0. The number of benzene rings is 1. The summed E-state index contributed by atoms with van der Waals surface area (Å²) in [6.45, 7) is 9.33. The fraction of sp³-hybridized carbons (Fsp3) is 0.429. The number of guanidine groups is 1.